The fourth-order valence-corrected chi connectivity index (χ4v) is 7.25. The minimum Gasteiger partial charge on any atom is -0.510 e. The van der Waals surface area contributed by atoms with Crippen molar-refractivity contribution in [2.75, 3.05) is 27.2 Å². The molecule has 7 N–H and O–H groups in total. The molecular formula is C29H34N4O8. The highest BCUT2D eigenvalue weighted by Gasteiger charge is 2.67. The zero-order chi connectivity index (χ0) is 30.1. The molecule has 12 heteroatoms. The molecule has 5 rings (SSSR count). The van der Waals surface area contributed by atoms with E-state index in [1.54, 1.807) is 19.1 Å². The van der Waals surface area contributed by atoms with Crippen LogP contribution in [-0.2, 0) is 16.1 Å². The van der Waals surface area contributed by atoms with Crippen LogP contribution in [0.15, 0.2) is 34.8 Å². The molecule has 6 atom stereocenters. The van der Waals surface area contributed by atoms with Gasteiger partial charge in [-0.15, -0.1) is 0 Å². The van der Waals surface area contributed by atoms with E-state index in [-0.39, 0.29) is 17.2 Å². The number of amides is 1. The summed E-state index contributed by atoms with van der Waals surface area (Å²) in [5, 5.41) is 66.3. The number of carbonyl (C=O) groups is 3. The van der Waals surface area contributed by atoms with Crippen LogP contribution in [0.3, 0.4) is 0 Å². The molecule has 0 spiro atoms. The summed E-state index contributed by atoms with van der Waals surface area (Å²) in [6.07, 6.45) is -0.246. The van der Waals surface area contributed by atoms with Crippen molar-refractivity contribution in [2.24, 2.45) is 23.5 Å². The average Bonchev–Trinajstić information content (AvgIpc) is 2.92. The number of fused-ring (bicyclic) bond motifs is 3. The molecule has 12 nitrogen and oxygen atoms in total. The van der Waals surface area contributed by atoms with Crippen LogP contribution in [0.5, 0.6) is 5.75 Å². The number of hydrogen-bond donors (Lipinski definition) is 6. The molecule has 0 saturated carbocycles. The standard InChI is InChI=1S/C29H34N4O8/c1-12-15-5-4-14(11-33-8-6-13(10-30)7-9-33)22(34)17(15)23(35)18-16(12)24(36)20-21(32(2)3)25(37)19(28(31)40)27(39)29(20,41)26(18)38/h4-5,12-13,16,20-21,24,34,36-38,41H,6-9,11H2,1-3H3,(H2,31,40)/t12-,16+,20+,21-,24-,29?/m0/s1. The van der Waals surface area contributed by atoms with E-state index in [9.17, 15) is 39.9 Å². The third-order valence-electron chi connectivity index (χ3n) is 9.38. The molecule has 1 fully saturated rings. The number of nitriles is 1. The van der Waals surface area contributed by atoms with Gasteiger partial charge in [0, 0.05) is 29.5 Å². The first-order valence-corrected chi connectivity index (χ1v) is 13.6. The molecule has 0 bridgehead atoms. The number of phenolic OH excluding ortho intramolecular Hbond substituents is 1. The Hall–Kier alpha value is -3.76. The fraction of sp³-hybridized carbons (Fsp3) is 0.517. The highest BCUT2D eigenvalue weighted by Crippen LogP contribution is 2.55. The maximum absolute atomic E-state index is 14.0. The molecule has 3 aliphatic carbocycles. The number of nitrogens with two attached hydrogens (primary N) is 1. The fourth-order valence-electron chi connectivity index (χ4n) is 7.25. The Labute approximate surface area is 236 Å². The Morgan fingerprint density at radius 2 is 1.83 bits per heavy atom. The van der Waals surface area contributed by atoms with Crippen LogP contribution in [0.25, 0.3) is 0 Å². The van der Waals surface area contributed by atoms with Gasteiger partial charge in [-0.25, -0.2) is 0 Å². The van der Waals surface area contributed by atoms with Gasteiger partial charge in [-0.05, 0) is 51.5 Å². The molecule has 41 heavy (non-hydrogen) atoms. The molecule has 1 aromatic carbocycles. The second-order valence-corrected chi connectivity index (χ2v) is 11.8. The molecular weight excluding hydrogens is 532 g/mol. The van der Waals surface area contributed by atoms with Crippen LogP contribution >= 0.6 is 0 Å². The number of aliphatic hydroxyl groups excluding tert-OH is 3. The number of aliphatic hydroxyl groups is 4. The Bertz CT molecular complexity index is 1450. The summed E-state index contributed by atoms with van der Waals surface area (Å²) in [5.74, 6) is -9.03. The molecule has 1 aliphatic heterocycles. The van der Waals surface area contributed by atoms with E-state index < -0.39 is 75.6 Å². The second-order valence-electron chi connectivity index (χ2n) is 11.8. The van der Waals surface area contributed by atoms with Crippen LogP contribution in [0.4, 0.5) is 0 Å². The molecule has 0 aromatic heterocycles. The summed E-state index contributed by atoms with van der Waals surface area (Å²) in [4.78, 5) is 43.1. The van der Waals surface area contributed by atoms with E-state index >= 15 is 0 Å². The summed E-state index contributed by atoms with van der Waals surface area (Å²) in [7, 11) is 2.98. The van der Waals surface area contributed by atoms with Gasteiger partial charge in [0.15, 0.2) is 11.4 Å². The second kappa shape index (κ2) is 9.95. The van der Waals surface area contributed by atoms with Crippen LogP contribution in [0.1, 0.15) is 47.2 Å². The van der Waals surface area contributed by atoms with Crippen LogP contribution in [0.2, 0.25) is 0 Å². The Morgan fingerprint density at radius 3 is 2.39 bits per heavy atom. The summed E-state index contributed by atoms with van der Waals surface area (Å²) in [6, 6.07) is 4.36. The minimum absolute atomic E-state index is 0.0218. The molecule has 1 amide bonds. The topological polar surface area (TPSA) is 209 Å². The maximum Gasteiger partial charge on any atom is 0.255 e. The van der Waals surface area contributed by atoms with Crippen molar-refractivity contribution < 1.29 is 39.9 Å². The van der Waals surface area contributed by atoms with Gasteiger partial charge in [0.05, 0.1) is 29.7 Å². The van der Waals surface area contributed by atoms with E-state index in [2.05, 4.69) is 11.0 Å². The van der Waals surface area contributed by atoms with E-state index in [0.717, 1.165) is 0 Å². The summed E-state index contributed by atoms with van der Waals surface area (Å²) in [6.45, 7) is 3.30. The first-order valence-electron chi connectivity index (χ1n) is 13.6. The number of nitrogens with zero attached hydrogens (tertiary/aromatic N) is 3. The monoisotopic (exact) mass is 566 g/mol. The lowest BCUT2D eigenvalue weighted by molar-refractivity contribution is -0.162. The lowest BCUT2D eigenvalue weighted by Gasteiger charge is -2.53. The zero-order valence-corrected chi connectivity index (χ0v) is 23.0. The highest BCUT2D eigenvalue weighted by molar-refractivity contribution is 6.25. The largest absolute Gasteiger partial charge is 0.510 e. The van der Waals surface area contributed by atoms with Gasteiger partial charge in [-0.1, -0.05) is 19.1 Å². The SMILES string of the molecule is C[C@H]1c2ccc(CN3CCC(C#N)CC3)c(O)c2C(=O)C2=C(O)C3(O)C(=O)C(C(N)=O)=C(O)[C@@H](N(C)C)[C@@H]3[C@@H](O)[C@@H]21. The lowest BCUT2D eigenvalue weighted by atomic mass is 9.55. The molecule has 1 heterocycles. The Kier molecular flexibility index (Phi) is 6.98. The first kappa shape index (κ1) is 28.8. The van der Waals surface area contributed by atoms with E-state index in [1.807, 2.05) is 0 Å². The van der Waals surface area contributed by atoms with Gasteiger partial charge in [-0.2, -0.15) is 5.26 Å². The number of rotatable bonds is 4. The van der Waals surface area contributed by atoms with Crippen LogP contribution in [-0.4, -0.2) is 97.7 Å². The van der Waals surface area contributed by atoms with Gasteiger partial charge >= 0.3 is 0 Å². The average molecular weight is 567 g/mol. The van der Waals surface area contributed by atoms with Gasteiger partial charge < -0.3 is 31.3 Å². The third-order valence-corrected chi connectivity index (χ3v) is 9.38. The number of benzene rings is 1. The number of likely N-dealkylation sites (tertiary alicyclic amines) is 1. The smallest absolute Gasteiger partial charge is 0.255 e. The number of piperidine rings is 1. The quantitative estimate of drug-likeness (QED) is 0.275. The normalized spacial score (nSPS) is 32.5. The van der Waals surface area contributed by atoms with Gasteiger partial charge in [0.25, 0.3) is 5.91 Å². The van der Waals surface area contributed by atoms with Crippen molar-refractivity contribution in [1.29, 1.82) is 5.26 Å². The molecule has 0 radical (unpaired) electrons. The molecule has 1 aromatic rings. The Balaban J connectivity index is 1.63. The van der Waals surface area contributed by atoms with Crippen LogP contribution < -0.4 is 5.73 Å². The molecule has 1 unspecified atom stereocenters. The van der Waals surface area contributed by atoms with Gasteiger partial charge in [0.2, 0.25) is 5.78 Å². The number of ketones is 2. The third kappa shape index (κ3) is 3.99. The van der Waals surface area contributed by atoms with Crippen molar-refractivity contribution >= 4 is 17.5 Å². The van der Waals surface area contributed by atoms with Crippen molar-refractivity contribution in [3.63, 3.8) is 0 Å². The number of aromatic hydroxyl groups is 1. The number of primary amides is 1. The highest BCUT2D eigenvalue weighted by atomic mass is 16.4. The predicted octanol–water partition coefficient (Wildman–Crippen LogP) is 0.388. The number of carbonyl (C=O) groups excluding carboxylic acids is 3. The van der Waals surface area contributed by atoms with Gasteiger partial charge in [-0.3, -0.25) is 24.2 Å². The summed E-state index contributed by atoms with van der Waals surface area (Å²) >= 11 is 0. The van der Waals surface area contributed by atoms with Crippen LogP contribution in [0, 0.1) is 29.1 Å². The van der Waals surface area contributed by atoms with Gasteiger partial charge in [0.1, 0.15) is 22.8 Å². The van der Waals surface area contributed by atoms with E-state index in [4.69, 9.17) is 11.0 Å². The zero-order valence-electron chi connectivity index (χ0n) is 23.0. The molecule has 1 saturated heterocycles. The van der Waals surface area contributed by atoms with Crippen molar-refractivity contribution in [1.82, 2.24) is 9.80 Å². The van der Waals surface area contributed by atoms with Crippen molar-refractivity contribution in [3.05, 3.63) is 51.5 Å². The number of hydrogen-bond acceptors (Lipinski definition) is 11. The molecule has 4 aliphatic rings. The van der Waals surface area contributed by atoms with E-state index in [1.165, 1.54) is 19.0 Å². The maximum atomic E-state index is 14.0. The van der Waals surface area contributed by atoms with Crippen molar-refractivity contribution in [2.45, 2.75) is 50.0 Å². The predicted molar refractivity (Wildman–Crippen MR) is 143 cm³/mol. The number of phenols is 1. The number of Topliss-reactive ketones (excluding diaryl/α,β-unsaturated/α-hetero) is 2. The lowest BCUT2D eigenvalue weighted by Crippen LogP contribution is -2.68. The van der Waals surface area contributed by atoms with Crippen molar-refractivity contribution in [3.8, 4) is 11.8 Å². The minimum atomic E-state index is -2.94. The Morgan fingerprint density at radius 1 is 1.20 bits per heavy atom. The number of likely N-dealkylation sites (N-methyl/N-ethyl adjacent to an activating group) is 1. The summed E-state index contributed by atoms with van der Waals surface area (Å²) in [5.41, 5.74) is 1.83. The van der Waals surface area contributed by atoms with E-state index in [0.29, 0.717) is 43.6 Å². The first-order chi connectivity index (χ1) is 19.3. The summed E-state index contributed by atoms with van der Waals surface area (Å²) < 4.78 is 0. The molecule has 218 valence electrons.